The van der Waals surface area contributed by atoms with Crippen molar-refractivity contribution in [2.24, 2.45) is 0 Å². The summed E-state index contributed by atoms with van der Waals surface area (Å²) in [5.41, 5.74) is 2.99. The van der Waals surface area contributed by atoms with Crippen LogP contribution >= 0.6 is 0 Å². The maximum Gasteiger partial charge on any atom is 0.337 e. The Morgan fingerprint density at radius 2 is 1.56 bits per heavy atom. The van der Waals surface area contributed by atoms with Crippen LogP contribution in [0.3, 0.4) is 0 Å². The number of benzene rings is 3. The number of fused-ring (bicyclic) bond motifs is 2. The first-order chi connectivity index (χ1) is 13.2. The highest BCUT2D eigenvalue weighted by Crippen LogP contribution is 2.42. The van der Waals surface area contributed by atoms with Crippen molar-refractivity contribution in [2.75, 3.05) is 14.2 Å². The normalized spacial score (nSPS) is 10.9. The third kappa shape index (κ3) is 2.64. The van der Waals surface area contributed by atoms with Gasteiger partial charge in [0.2, 0.25) is 0 Å². The fourth-order valence-corrected chi connectivity index (χ4v) is 3.49. The molecule has 0 spiro atoms. The van der Waals surface area contributed by atoms with Crippen molar-refractivity contribution in [1.29, 1.82) is 0 Å². The van der Waals surface area contributed by atoms with Gasteiger partial charge in [0, 0.05) is 16.3 Å². The fourth-order valence-electron chi connectivity index (χ4n) is 3.49. The molecule has 27 heavy (non-hydrogen) atoms. The van der Waals surface area contributed by atoms with Gasteiger partial charge in [0.1, 0.15) is 0 Å². The summed E-state index contributed by atoms with van der Waals surface area (Å²) >= 11 is 0. The van der Waals surface area contributed by atoms with Gasteiger partial charge in [-0.2, -0.15) is 0 Å². The van der Waals surface area contributed by atoms with E-state index in [-0.39, 0.29) is 5.56 Å². The Labute approximate surface area is 155 Å². The lowest BCUT2D eigenvalue weighted by molar-refractivity contribution is 0.0701. The summed E-state index contributed by atoms with van der Waals surface area (Å²) in [6.07, 6.45) is 0. The van der Waals surface area contributed by atoms with Gasteiger partial charge >= 0.3 is 5.97 Å². The molecule has 4 aromatic rings. The van der Waals surface area contributed by atoms with E-state index in [4.69, 9.17) is 9.47 Å². The number of aromatic carboxylic acids is 1. The molecule has 4 rings (SSSR count). The Hall–Kier alpha value is -3.60. The number of pyridine rings is 1. The van der Waals surface area contributed by atoms with E-state index in [1.165, 1.54) is 0 Å². The van der Waals surface area contributed by atoms with Crippen molar-refractivity contribution in [3.05, 3.63) is 66.2 Å². The van der Waals surface area contributed by atoms with Gasteiger partial charge in [0.15, 0.2) is 11.5 Å². The van der Waals surface area contributed by atoms with E-state index in [1.54, 1.807) is 26.4 Å². The van der Waals surface area contributed by atoms with Gasteiger partial charge in [-0.1, -0.05) is 42.5 Å². The van der Waals surface area contributed by atoms with Gasteiger partial charge < -0.3 is 14.6 Å². The van der Waals surface area contributed by atoms with Crippen LogP contribution in [0, 0.1) is 0 Å². The first-order valence-corrected chi connectivity index (χ1v) is 8.42. The molecule has 0 saturated carbocycles. The number of aromatic nitrogens is 1. The molecular formula is C22H17NO4. The third-order valence-corrected chi connectivity index (χ3v) is 4.61. The topological polar surface area (TPSA) is 68.7 Å². The van der Waals surface area contributed by atoms with Crippen molar-refractivity contribution in [2.45, 2.75) is 0 Å². The lowest BCUT2D eigenvalue weighted by atomic mass is 9.94. The maximum atomic E-state index is 12.2. The third-order valence-electron chi connectivity index (χ3n) is 4.61. The highest BCUT2D eigenvalue weighted by atomic mass is 16.5. The Bertz CT molecular complexity index is 1180. The molecule has 0 fully saturated rings. The van der Waals surface area contributed by atoms with E-state index < -0.39 is 5.97 Å². The highest BCUT2D eigenvalue weighted by molar-refractivity contribution is 6.17. The highest BCUT2D eigenvalue weighted by Gasteiger charge is 2.21. The molecule has 3 aromatic carbocycles. The van der Waals surface area contributed by atoms with Crippen LogP contribution in [0.15, 0.2) is 60.7 Å². The Balaban J connectivity index is 2.18. The Morgan fingerprint density at radius 1 is 0.852 bits per heavy atom. The first-order valence-electron chi connectivity index (χ1n) is 8.42. The van der Waals surface area contributed by atoms with E-state index in [0.29, 0.717) is 33.3 Å². The minimum absolute atomic E-state index is 0.232. The first kappa shape index (κ1) is 16.8. The van der Waals surface area contributed by atoms with Crippen LogP contribution in [0.25, 0.3) is 32.9 Å². The predicted octanol–water partition coefficient (Wildman–Crippen LogP) is 4.77. The molecular weight excluding hydrogens is 342 g/mol. The van der Waals surface area contributed by atoms with Gasteiger partial charge in [0.25, 0.3) is 0 Å². The minimum Gasteiger partial charge on any atom is -0.493 e. The molecule has 0 aliphatic rings. The maximum absolute atomic E-state index is 12.2. The number of hydrogen-bond donors (Lipinski definition) is 1. The zero-order chi connectivity index (χ0) is 19.0. The average molecular weight is 359 g/mol. The number of carbonyl (C=O) groups is 1. The van der Waals surface area contributed by atoms with Gasteiger partial charge in [0.05, 0.1) is 30.8 Å². The summed E-state index contributed by atoms with van der Waals surface area (Å²) in [5, 5.41) is 11.2. The van der Waals surface area contributed by atoms with Crippen LogP contribution in [0.4, 0.5) is 0 Å². The minimum atomic E-state index is -0.993. The number of carboxylic acid groups (broad SMARTS) is 1. The van der Waals surface area contributed by atoms with Gasteiger partial charge in [-0.05, 0) is 23.8 Å². The lowest BCUT2D eigenvalue weighted by Crippen LogP contribution is -2.02. The van der Waals surface area contributed by atoms with Crippen molar-refractivity contribution < 1.29 is 19.4 Å². The quantitative estimate of drug-likeness (QED) is 0.532. The number of methoxy groups -OCH3 is 2. The molecule has 0 atom stereocenters. The summed E-state index contributed by atoms with van der Waals surface area (Å²) in [4.78, 5) is 16.9. The molecule has 134 valence electrons. The van der Waals surface area contributed by atoms with Crippen LogP contribution in [0.1, 0.15) is 10.4 Å². The molecule has 1 N–H and O–H groups in total. The van der Waals surface area contributed by atoms with Crippen LogP contribution in [0.5, 0.6) is 11.5 Å². The second-order valence-electron chi connectivity index (χ2n) is 6.05. The van der Waals surface area contributed by atoms with Crippen LogP contribution < -0.4 is 9.47 Å². The molecule has 1 heterocycles. The largest absolute Gasteiger partial charge is 0.493 e. The Kier molecular flexibility index (Phi) is 4.12. The number of nitrogens with zero attached hydrogens (tertiary/aromatic N) is 1. The van der Waals surface area contributed by atoms with Crippen molar-refractivity contribution >= 4 is 27.8 Å². The molecule has 5 nitrogen and oxygen atoms in total. The van der Waals surface area contributed by atoms with Crippen LogP contribution in [0.2, 0.25) is 0 Å². The predicted molar refractivity (Wildman–Crippen MR) is 105 cm³/mol. The van der Waals surface area contributed by atoms with Crippen molar-refractivity contribution in [1.82, 2.24) is 4.98 Å². The molecule has 0 bridgehead atoms. The number of para-hydroxylation sites is 2. The summed E-state index contributed by atoms with van der Waals surface area (Å²) < 4.78 is 11.0. The van der Waals surface area contributed by atoms with E-state index in [9.17, 15) is 9.90 Å². The fraction of sp³-hybridized carbons (Fsp3) is 0.0909. The van der Waals surface area contributed by atoms with Gasteiger partial charge in [-0.15, -0.1) is 0 Å². The van der Waals surface area contributed by atoms with Gasteiger partial charge in [-0.25, -0.2) is 9.78 Å². The zero-order valence-corrected chi connectivity index (χ0v) is 14.9. The number of ether oxygens (including phenoxy) is 2. The summed E-state index contributed by atoms with van der Waals surface area (Å²) in [5.74, 6) is 0.141. The molecule has 1 aromatic heterocycles. The van der Waals surface area contributed by atoms with E-state index >= 15 is 0 Å². The van der Waals surface area contributed by atoms with Crippen LogP contribution in [-0.4, -0.2) is 30.3 Å². The number of hydrogen-bond acceptors (Lipinski definition) is 4. The Morgan fingerprint density at radius 3 is 2.30 bits per heavy atom. The number of carboxylic acids is 1. The molecule has 0 aliphatic carbocycles. The lowest BCUT2D eigenvalue weighted by Gasteiger charge is -2.16. The van der Waals surface area contributed by atoms with Crippen LogP contribution in [-0.2, 0) is 0 Å². The van der Waals surface area contributed by atoms with Crippen molar-refractivity contribution in [3.63, 3.8) is 0 Å². The second kappa shape index (κ2) is 6.61. The summed E-state index contributed by atoms with van der Waals surface area (Å²) in [6, 6.07) is 18.4. The van der Waals surface area contributed by atoms with Gasteiger partial charge in [-0.3, -0.25) is 0 Å². The van der Waals surface area contributed by atoms with E-state index in [1.807, 2.05) is 48.5 Å². The smallest absolute Gasteiger partial charge is 0.337 e. The SMILES string of the molecule is COc1cccc(-c2cccc3nc4ccccc4c(C(=O)O)c23)c1OC. The molecule has 0 aliphatic heterocycles. The second-order valence-corrected chi connectivity index (χ2v) is 6.05. The standard InChI is InChI=1S/C22H17NO4/c1-26-18-12-6-9-14(21(18)27-2)13-8-5-11-17-19(13)20(22(24)25)15-7-3-4-10-16(15)23-17/h3-12H,1-2H3,(H,24,25). The molecule has 0 unspecified atom stereocenters. The molecule has 0 amide bonds. The number of rotatable bonds is 4. The van der Waals surface area contributed by atoms with E-state index in [2.05, 4.69) is 4.98 Å². The summed E-state index contributed by atoms with van der Waals surface area (Å²) in [7, 11) is 3.14. The zero-order valence-electron chi connectivity index (χ0n) is 14.9. The molecule has 5 heteroatoms. The molecule has 0 radical (unpaired) electrons. The molecule has 0 saturated heterocycles. The average Bonchev–Trinajstić information content (AvgIpc) is 2.70. The van der Waals surface area contributed by atoms with E-state index in [0.717, 1.165) is 11.1 Å². The monoisotopic (exact) mass is 359 g/mol. The summed E-state index contributed by atoms with van der Waals surface area (Å²) in [6.45, 7) is 0. The van der Waals surface area contributed by atoms with Crippen molar-refractivity contribution in [3.8, 4) is 22.6 Å².